The number of rotatable bonds is 6. The number of nitrogens with two attached hydrogens (primary N) is 1. The Hall–Kier alpha value is -3.75. The van der Waals surface area contributed by atoms with Crippen LogP contribution in [0, 0.1) is 17.5 Å². The minimum Gasteiger partial charge on any atom is -0.372 e. The maximum absolute atomic E-state index is 15.9. The van der Waals surface area contributed by atoms with Crippen LogP contribution >= 0.6 is 11.3 Å². The van der Waals surface area contributed by atoms with E-state index in [0.717, 1.165) is 6.07 Å². The molecule has 0 amide bonds. The molecule has 0 spiro atoms. The maximum atomic E-state index is 15.9. The Kier molecular flexibility index (Phi) is 7.18. The molecule has 4 aromatic rings. The number of benzene rings is 2. The third-order valence-corrected chi connectivity index (χ3v) is 8.41. The molecule has 3 heterocycles. The molecule has 2 unspecified atom stereocenters. The van der Waals surface area contributed by atoms with E-state index >= 15 is 4.39 Å². The van der Waals surface area contributed by atoms with Crippen molar-refractivity contribution in [2.75, 3.05) is 28.4 Å². The summed E-state index contributed by atoms with van der Waals surface area (Å²) in [6, 6.07) is 7.64. The molecule has 9 nitrogen and oxygen atoms in total. The van der Waals surface area contributed by atoms with E-state index in [0.29, 0.717) is 40.9 Å². The Labute approximate surface area is 226 Å². The summed E-state index contributed by atoms with van der Waals surface area (Å²) >= 11 is 1.27. The Morgan fingerprint density at radius 2 is 1.82 bits per heavy atom. The molecule has 0 radical (unpaired) electrons. The fourth-order valence-corrected chi connectivity index (χ4v) is 6.53. The Bertz CT molecular complexity index is 1640. The predicted octanol–water partition coefficient (Wildman–Crippen LogP) is 4.68. The van der Waals surface area contributed by atoms with Crippen molar-refractivity contribution in [1.82, 2.24) is 15.0 Å². The molecule has 1 fully saturated rings. The highest BCUT2D eigenvalue weighted by molar-refractivity contribution is 7.92. The number of aromatic nitrogens is 3. The number of nitrogens with zero attached hydrogens (tertiary/aromatic N) is 4. The van der Waals surface area contributed by atoms with Crippen molar-refractivity contribution < 1.29 is 26.3 Å². The summed E-state index contributed by atoms with van der Waals surface area (Å²) in [4.78, 5) is 14.5. The second-order valence-electron chi connectivity index (χ2n) is 8.98. The lowest BCUT2D eigenvalue weighted by atomic mass is 10.1. The summed E-state index contributed by atoms with van der Waals surface area (Å²) in [5, 5.41) is 0.589. The molecular formula is C25H23F3N6O3S2. The normalized spacial score (nSPS) is 17.8. The first-order valence-corrected chi connectivity index (χ1v) is 14.1. The van der Waals surface area contributed by atoms with E-state index in [2.05, 4.69) is 9.97 Å². The fourth-order valence-electron chi connectivity index (χ4n) is 4.31. The second kappa shape index (κ2) is 10.4. The van der Waals surface area contributed by atoms with Crippen LogP contribution in [0.4, 0.5) is 29.9 Å². The Morgan fingerprint density at radius 1 is 1.08 bits per heavy atom. The van der Waals surface area contributed by atoms with Crippen LogP contribution in [-0.4, -0.2) is 48.7 Å². The van der Waals surface area contributed by atoms with Gasteiger partial charge in [-0.15, -0.1) is 0 Å². The molecule has 2 aromatic heterocycles. The fraction of sp³-hybridized carbons (Fsp3) is 0.240. The number of anilines is 3. The largest absolute Gasteiger partial charge is 0.372 e. The van der Waals surface area contributed by atoms with Gasteiger partial charge in [0, 0.05) is 24.8 Å². The minimum absolute atomic E-state index is 0.0149. The third-order valence-electron chi connectivity index (χ3n) is 5.89. The number of sulfonamides is 1. The molecule has 1 saturated heterocycles. The number of nitrogens with one attached hydrogen (secondary N) is 1. The van der Waals surface area contributed by atoms with Gasteiger partial charge in [-0.25, -0.2) is 36.5 Å². The van der Waals surface area contributed by atoms with Gasteiger partial charge in [-0.1, -0.05) is 17.4 Å². The molecule has 204 valence electrons. The summed E-state index contributed by atoms with van der Waals surface area (Å²) in [6.07, 6.45) is 1.35. The Morgan fingerprint density at radius 3 is 2.54 bits per heavy atom. The highest BCUT2D eigenvalue weighted by Crippen LogP contribution is 2.42. The van der Waals surface area contributed by atoms with E-state index in [1.54, 1.807) is 6.07 Å². The quantitative estimate of drug-likeness (QED) is 0.339. The lowest BCUT2D eigenvalue weighted by molar-refractivity contribution is -0.00522. The van der Waals surface area contributed by atoms with Crippen molar-refractivity contribution in [3.05, 3.63) is 66.1 Å². The van der Waals surface area contributed by atoms with E-state index in [-0.39, 0.29) is 29.4 Å². The van der Waals surface area contributed by atoms with Crippen LogP contribution in [0.25, 0.3) is 21.8 Å². The topological polar surface area (TPSA) is 123 Å². The van der Waals surface area contributed by atoms with Crippen molar-refractivity contribution in [2.45, 2.75) is 31.0 Å². The van der Waals surface area contributed by atoms with Gasteiger partial charge in [0.2, 0.25) is 5.95 Å². The van der Waals surface area contributed by atoms with Crippen molar-refractivity contribution in [3.8, 4) is 21.8 Å². The molecular weight excluding hydrogens is 553 g/mol. The van der Waals surface area contributed by atoms with Crippen LogP contribution in [0.15, 0.2) is 53.6 Å². The van der Waals surface area contributed by atoms with Crippen LogP contribution in [0.3, 0.4) is 0 Å². The first-order valence-electron chi connectivity index (χ1n) is 11.8. The van der Waals surface area contributed by atoms with Crippen molar-refractivity contribution in [2.24, 2.45) is 0 Å². The summed E-state index contributed by atoms with van der Waals surface area (Å²) in [5.74, 6) is -3.08. The first kappa shape index (κ1) is 26.8. The average Bonchev–Trinajstić information content (AvgIpc) is 3.31. The summed E-state index contributed by atoms with van der Waals surface area (Å²) in [6.45, 7) is 5.01. The second-order valence-corrected chi connectivity index (χ2v) is 11.6. The zero-order chi connectivity index (χ0) is 27.9. The zero-order valence-electron chi connectivity index (χ0n) is 20.7. The Balaban J connectivity index is 1.60. The van der Waals surface area contributed by atoms with Gasteiger partial charge in [0.1, 0.15) is 16.5 Å². The molecule has 0 saturated carbocycles. The van der Waals surface area contributed by atoms with E-state index in [1.165, 1.54) is 35.7 Å². The molecule has 2 aromatic carbocycles. The van der Waals surface area contributed by atoms with Gasteiger partial charge in [0.25, 0.3) is 10.0 Å². The van der Waals surface area contributed by atoms with Gasteiger partial charge >= 0.3 is 0 Å². The van der Waals surface area contributed by atoms with Gasteiger partial charge in [0.15, 0.2) is 10.9 Å². The number of morpholine rings is 1. The van der Waals surface area contributed by atoms with Crippen molar-refractivity contribution in [3.63, 3.8) is 0 Å². The molecule has 14 heteroatoms. The van der Waals surface area contributed by atoms with E-state index in [1.807, 2.05) is 23.5 Å². The molecule has 0 bridgehead atoms. The molecule has 0 aliphatic carbocycles. The van der Waals surface area contributed by atoms with Gasteiger partial charge in [-0.2, -0.15) is 0 Å². The SMILES string of the molecule is CC1CN(c2nc(-c3cccc(NS(=O)(=O)c4cc(F)ccc4F)c3F)c(-c3ccnc(N)n3)s2)CC(C)O1. The van der Waals surface area contributed by atoms with Gasteiger partial charge in [-0.05, 0) is 50.2 Å². The van der Waals surface area contributed by atoms with Crippen LogP contribution in [0.2, 0.25) is 0 Å². The van der Waals surface area contributed by atoms with Crippen molar-refractivity contribution in [1.29, 1.82) is 0 Å². The highest BCUT2D eigenvalue weighted by atomic mass is 32.2. The van der Waals surface area contributed by atoms with Gasteiger partial charge in [-0.3, -0.25) is 4.72 Å². The molecule has 5 rings (SSSR count). The predicted molar refractivity (Wildman–Crippen MR) is 142 cm³/mol. The lowest BCUT2D eigenvalue weighted by Gasteiger charge is -2.35. The first-order chi connectivity index (χ1) is 18.5. The lowest BCUT2D eigenvalue weighted by Crippen LogP contribution is -2.45. The zero-order valence-corrected chi connectivity index (χ0v) is 22.4. The van der Waals surface area contributed by atoms with Crippen LogP contribution in [-0.2, 0) is 14.8 Å². The van der Waals surface area contributed by atoms with Crippen molar-refractivity contribution >= 4 is 38.1 Å². The monoisotopic (exact) mass is 576 g/mol. The van der Waals surface area contributed by atoms with E-state index in [9.17, 15) is 17.2 Å². The summed E-state index contributed by atoms with van der Waals surface area (Å²) < 4.78 is 77.2. The minimum atomic E-state index is -4.66. The number of thiazole rings is 1. The highest BCUT2D eigenvalue weighted by Gasteiger charge is 2.29. The summed E-state index contributed by atoms with van der Waals surface area (Å²) in [7, 11) is -4.66. The molecule has 2 atom stereocenters. The standard InChI is InChI=1S/C25H23F3N6O3S2/c1-13-11-34(12-14(2)37-13)25-32-22(23(38-25)19-8-9-30-24(29)31-19)16-4-3-5-18(21(16)28)33-39(35,36)20-10-15(26)6-7-17(20)27/h3-10,13-14,33H,11-12H2,1-2H3,(H2,29,30,31). The van der Waals surface area contributed by atoms with Gasteiger partial charge < -0.3 is 15.4 Å². The summed E-state index contributed by atoms with van der Waals surface area (Å²) in [5.41, 5.74) is 5.91. The number of nitrogen functional groups attached to an aromatic ring is 1. The van der Waals surface area contributed by atoms with E-state index in [4.69, 9.17) is 15.5 Å². The number of hydrogen-bond acceptors (Lipinski definition) is 9. The van der Waals surface area contributed by atoms with Crippen LogP contribution in [0.5, 0.6) is 0 Å². The molecule has 39 heavy (non-hydrogen) atoms. The van der Waals surface area contributed by atoms with Gasteiger partial charge in [0.05, 0.1) is 34.2 Å². The smallest absolute Gasteiger partial charge is 0.265 e. The molecule has 1 aliphatic rings. The van der Waals surface area contributed by atoms with E-state index < -0.39 is 38.1 Å². The van der Waals surface area contributed by atoms with Crippen LogP contribution < -0.4 is 15.4 Å². The maximum Gasteiger partial charge on any atom is 0.265 e. The number of ether oxygens (including phenoxy) is 1. The average molecular weight is 577 g/mol. The number of hydrogen-bond donors (Lipinski definition) is 2. The number of halogens is 3. The third kappa shape index (κ3) is 5.53. The molecule has 1 aliphatic heterocycles. The molecule has 3 N–H and O–H groups in total. The van der Waals surface area contributed by atoms with Crippen LogP contribution in [0.1, 0.15) is 13.8 Å².